The lowest BCUT2D eigenvalue weighted by Gasteiger charge is -2.12. The Labute approximate surface area is 120 Å². The Morgan fingerprint density at radius 1 is 1.20 bits per heavy atom. The van der Waals surface area contributed by atoms with E-state index in [1.54, 1.807) is 0 Å². The van der Waals surface area contributed by atoms with Crippen LogP contribution in [0.25, 0.3) is 5.69 Å². The van der Waals surface area contributed by atoms with Crippen LogP contribution in [-0.2, 0) is 19.4 Å². The monoisotopic (exact) mass is 273 g/mol. The fourth-order valence-electron chi connectivity index (χ4n) is 2.13. The molecule has 0 amide bonds. The van der Waals surface area contributed by atoms with Crippen LogP contribution < -0.4 is 5.32 Å². The lowest BCUT2D eigenvalue weighted by Crippen LogP contribution is -2.15. The van der Waals surface area contributed by atoms with E-state index >= 15 is 0 Å². The molecule has 2 aromatic heterocycles. The first-order valence-electron chi connectivity index (χ1n) is 7.30. The molecule has 5 heteroatoms. The molecule has 0 aliphatic heterocycles. The van der Waals surface area contributed by atoms with Gasteiger partial charge in [-0.2, -0.15) is 5.10 Å². The van der Waals surface area contributed by atoms with E-state index in [0.717, 1.165) is 54.5 Å². The summed E-state index contributed by atoms with van der Waals surface area (Å²) in [5.74, 6) is 1.90. The highest BCUT2D eigenvalue weighted by Gasteiger charge is 2.13. The minimum atomic E-state index is 0.795. The lowest BCUT2D eigenvalue weighted by molar-refractivity contribution is 0.705. The number of pyridine rings is 1. The maximum absolute atomic E-state index is 4.63. The van der Waals surface area contributed by atoms with Crippen LogP contribution in [0.1, 0.15) is 43.7 Å². The Kier molecular flexibility index (Phi) is 4.84. The van der Waals surface area contributed by atoms with Crippen molar-refractivity contribution in [1.82, 2.24) is 25.1 Å². The summed E-state index contributed by atoms with van der Waals surface area (Å²) < 4.78 is 1.97. The van der Waals surface area contributed by atoms with Crippen molar-refractivity contribution in [2.45, 2.75) is 47.1 Å². The summed E-state index contributed by atoms with van der Waals surface area (Å²) in [6.45, 7) is 10.0. The smallest absolute Gasteiger partial charge is 0.151 e. The van der Waals surface area contributed by atoms with Crippen LogP contribution in [-0.4, -0.2) is 26.3 Å². The average Bonchev–Trinajstić information content (AvgIpc) is 2.89. The molecule has 0 aliphatic carbocycles. The number of hydrogen-bond acceptors (Lipinski definition) is 4. The zero-order valence-electron chi connectivity index (χ0n) is 12.8. The number of rotatable bonds is 6. The zero-order chi connectivity index (χ0) is 14.5. The summed E-state index contributed by atoms with van der Waals surface area (Å²) in [4.78, 5) is 8.98. The SMILES string of the molecule is CCNCc1cnc(C)cc1-n1nc(CC)nc1CC. The van der Waals surface area contributed by atoms with Gasteiger partial charge in [0.2, 0.25) is 0 Å². The van der Waals surface area contributed by atoms with E-state index in [1.165, 1.54) is 0 Å². The van der Waals surface area contributed by atoms with Crippen LogP contribution in [0.15, 0.2) is 12.3 Å². The van der Waals surface area contributed by atoms with Crippen LogP contribution in [0.2, 0.25) is 0 Å². The molecule has 0 saturated carbocycles. The summed E-state index contributed by atoms with van der Waals surface area (Å²) >= 11 is 0. The molecule has 20 heavy (non-hydrogen) atoms. The Balaban J connectivity index is 2.49. The molecular formula is C15H23N5. The van der Waals surface area contributed by atoms with Crippen LogP contribution in [0.3, 0.4) is 0 Å². The van der Waals surface area contributed by atoms with Crippen LogP contribution in [0, 0.1) is 6.92 Å². The number of aromatic nitrogens is 4. The minimum Gasteiger partial charge on any atom is -0.313 e. The highest BCUT2D eigenvalue weighted by molar-refractivity contribution is 5.40. The molecule has 2 rings (SSSR count). The van der Waals surface area contributed by atoms with Crippen molar-refractivity contribution < 1.29 is 0 Å². The van der Waals surface area contributed by atoms with Crippen LogP contribution in [0.5, 0.6) is 0 Å². The molecule has 2 heterocycles. The molecule has 1 N–H and O–H groups in total. The summed E-state index contributed by atoms with van der Waals surface area (Å²) in [7, 11) is 0. The first kappa shape index (κ1) is 14.7. The lowest BCUT2D eigenvalue weighted by atomic mass is 10.2. The van der Waals surface area contributed by atoms with Gasteiger partial charge in [0, 0.05) is 36.8 Å². The van der Waals surface area contributed by atoms with E-state index in [2.05, 4.69) is 47.2 Å². The second-order valence-corrected chi connectivity index (χ2v) is 4.80. The molecule has 0 aromatic carbocycles. The van der Waals surface area contributed by atoms with Gasteiger partial charge in [-0.1, -0.05) is 20.8 Å². The fraction of sp³-hybridized carbons (Fsp3) is 0.533. The topological polar surface area (TPSA) is 55.6 Å². The molecule has 108 valence electrons. The normalized spacial score (nSPS) is 11.0. The van der Waals surface area contributed by atoms with E-state index in [0.29, 0.717) is 0 Å². The molecule has 0 spiro atoms. The van der Waals surface area contributed by atoms with E-state index < -0.39 is 0 Å². The number of aryl methyl sites for hydroxylation is 3. The average molecular weight is 273 g/mol. The molecule has 2 aromatic rings. The Morgan fingerprint density at radius 2 is 2.00 bits per heavy atom. The van der Waals surface area contributed by atoms with E-state index in [-0.39, 0.29) is 0 Å². The van der Waals surface area contributed by atoms with Gasteiger partial charge in [-0.3, -0.25) is 4.98 Å². The van der Waals surface area contributed by atoms with Crippen molar-refractivity contribution in [2.75, 3.05) is 6.54 Å². The first-order chi connectivity index (χ1) is 9.69. The van der Waals surface area contributed by atoms with Crippen LogP contribution >= 0.6 is 0 Å². The van der Waals surface area contributed by atoms with Gasteiger partial charge in [0.1, 0.15) is 5.82 Å². The van der Waals surface area contributed by atoms with Gasteiger partial charge in [0.25, 0.3) is 0 Å². The van der Waals surface area contributed by atoms with Gasteiger partial charge >= 0.3 is 0 Å². The Hall–Kier alpha value is -1.75. The van der Waals surface area contributed by atoms with Gasteiger partial charge in [0.15, 0.2) is 5.82 Å². The molecule has 0 bridgehead atoms. The molecule has 0 radical (unpaired) electrons. The van der Waals surface area contributed by atoms with Crippen molar-refractivity contribution >= 4 is 0 Å². The van der Waals surface area contributed by atoms with Crippen molar-refractivity contribution in [3.8, 4) is 5.69 Å². The highest BCUT2D eigenvalue weighted by atomic mass is 15.4. The van der Waals surface area contributed by atoms with Gasteiger partial charge < -0.3 is 5.32 Å². The van der Waals surface area contributed by atoms with Crippen molar-refractivity contribution in [2.24, 2.45) is 0 Å². The molecule has 0 atom stereocenters. The van der Waals surface area contributed by atoms with Gasteiger partial charge in [-0.25, -0.2) is 9.67 Å². The third-order valence-electron chi connectivity index (χ3n) is 3.24. The van der Waals surface area contributed by atoms with Gasteiger partial charge in [-0.05, 0) is 19.5 Å². The Morgan fingerprint density at radius 3 is 2.65 bits per heavy atom. The summed E-state index contributed by atoms with van der Waals surface area (Å²) in [5.41, 5.74) is 3.23. The standard InChI is InChI=1S/C15H23N5/c1-5-14-18-15(6-2)20(19-14)13-8-11(4)17-10-12(13)9-16-7-3/h8,10,16H,5-7,9H2,1-4H3. The third-order valence-corrected chi connectivity index (χ3v) is 3.24. The first-order valence-corrected chi connectivity index (χ1v) is 7.30. The molecular weight excluding hydrogens is 250 g/mol. The summed E-state index contributed by atoms with van der Waals surface area (Å²) in [5, 5.41) is 7.98. The van der Waals surface area contributed by atoms with Crippen molar-refractivity contribution in [3.63, 3.8) is 0 Å². The maximum Gasteiger partial charge on any atom is 0.151 e. The number of nitrogens with one attached hydrogen (secondary N) is 1. The number of nitrogens with zero attached hydrogens (tertiary/aromatic N) is 4. The minimum absolute atomic E-state index is 0.795. The zero-order valence-corrected chi connectivity index (χ0v) is 12.8. The predicted molar refractivity (Wildman–Crippen MR) is 80.0 cm³/mol. The highest BCUT2D eigenvalue weighted by Crippen LogP contribution is 2.17. The van der Waals surface area contributed by atoms with Crippen molar-refractivity contribution in [1.29, 1.82) is 0 Å². The van der Waals surface area contributed by atoms with Crippen LogP contribution in [0.4, 0.5) is 0 Å². The molecule has 0 saturated heterocycles. The quantitative estimate of drug-likeness (QED) is 0.876. The van der Waals surface area contributed by atoms with Gasteiger partial charge in [0.05, 0.1) is 5.69 Å². The molecule has 5 nitrogen and oxygen atoms in total. The van der Waals surface area contributed by atoms with Crippen molar-refractivity contribution in [3.05, 3.63) is 35.2 Å². The molecule has 0 unspecified atom stereocenters. The summed E-state index contributed by atoms with van der Waals surface area (Å²) in [6, 6.07) is 2.08. The maximum atomic E-state index is 4.63. The fourth-order valence-corrected chi connectivity index (χ4v) is 2.13. The second-order valence-electron chi connectivity index (χ2n) is 4.80. The van der Waals surface area contributed by atoms with Gasteiger partial charge in [-0.15, -0.1) is 0 Å². The molecule has 0 aliphatic rings. The second kappa shape index (κ2) is 6.61. The largest absolute Gasteiger partial charge is 0.313 e. The number of hydrogen-bond donors (Lipinski definition) is 1. The summed E-state index contributed by atoms with van der Waals surface area (Å²) in [6.07, 6.45) is 3.65. The van der Waals surface area contributed by atoms with E-state index in [9.17, 15) is 0 Å². The van der Waals surface area contributed by atoms with E-state index in [4.69, 9.17) is 0 Å². The Bertz CT molecular complexity index is 574. The predicted octanol–water partition coefficient (Wildman–Crippen LogP) is 2.21. The molecule has 0 fully saturated rings. The third kappa shape index (κ3) is 3.04. The van der Waals surface area contributed by atoms with E-state index in [1.807, 2.05) is 17.8 Å².